The zero-order valence-electron chi connectivity index (χ0n) is 15.4. The van der Waals surface area contributed by atoms with E-state index in [9.17, 15) is 20.0 Å². The SMILES string of the molecule is CCCC(=O)Oc1ccc2[nH]c(=O)c(C#N)c(N3CCC(C)(O)CC3)c2n1. The fourth-order valence-corrected chi connectivity index (χ4v) is 3.19. The fourth-order valence-electron chi connectivity index (χ4n) is 3.19. The molecule has 0 bridgehead atoms. The number of piperidine rings is 1. The lowest BCUT2D eigenvalue weighted by molar-refractivity contribution is -0.134. The van der Waals surface area contributed by atoms with E-state index >= 15 is 0 Å². The number of anilines is 1. The summed E-state index contributed by atoms with van der Waals surface area (Å²) in [4.78, 5) is 33.0. The van der Waals surface area contributed by atoms with Gasteiger partial charge in [-0.15, -0.1) is 0 Å². The number of nitriles is 1. The minimum Gasteiger partial charge on any atom is -0.407 e. The van der Waals surface area contributed by atoms with Gasteiger partial charge in [-0.25, -0.2) is 4.98 Å². The van der Waals surface area contributed by atoms with E-state index < -0.39 is 11.2 Å². The first-order valence-electron chi connectivity index (χ1n) is 9.00. The maximum atomic E-state index is 12.3. The number of pyridine rings is 2. The number of hydrogen-bond acceptors (Lipinski definition) is 7. The van der Waals surface area contributed by atoms with Crippen LogP contribution in [0.1, 0.15) is 45.1 Å². The molecule has 1 saturated heterocycles. The molecule has 0 aromatic carbocycles. The second kappa shape index (κ2) is 7.37. The van der Waals surface area contributed by atoms with Gasteiger partial charge >= 0.3 is 5.97 Å². The number of H-pyrrole nitrogens is 1. The highest BCUT2D eigenvalue weighted by molar-refractivity contribution is 5.91. The number of fused-ring (bicyclic) bond motifs is 1. The van der Waals surface area contributed by atoms with E-state index in [2.05, 4.69) is 9.97 Å². The largest absolute Gasteiger partial charge is 0.407 e. The number of carbonyl (C=O) groups excluding carboxylic acids is 1. The van der Waals surface area contributed by atoms with Crippen LogP contribution < -0.4 is 15.2 Å². The summed E-state index contributed by atoms with van der Waals surface area (Å²) in [6.45, 7) is 4.63. The van der Waals surface area contributed by atoms with E-state index in [1.54, 1.807) is 13.0 Å². The van der Waals surface area contributed by atoms with E-state index in [-0.39, 0.29) is 23.8 Å². The number of nitrogens with one attached hydrogen (secondary N) is 1. The van der Waals surface area contributed by atoms with Crippen LogP contribution in [0.5, 0.6) is 5.88 Å². The highest BCUT2D eigenvalue weighted by Crippen LogP contribution is 2.32. The van der Waals surface area contributed by atoms with Gasteiger partial charge in [-0.1, -0.05) is 6.92 Å². The highest BCUT2D eigenvalue weighted by Gasteiger charge is 2.30. The average molecular weight is 370 g/mol. The molecule has 0 radical (unpaired) electrons. The predicted molar refractivity (Wildman–Crippen MR) is 99.7 cm³/mol. The number of ether oxygens (including phenoxy) is 1. The zero-order valence-corrected chi connectivity index (χ0v) is 15.4. The third kappa shape index (κ3) is 3.93. The molecule has 27 heavy (non-hydrogen) atoms. The standard InChI is InChI=1S/C19H22N4O4/c1-3-4-15(24)27-14-6-5-13-16(22-14)17(12(11-20)18(25)21-13)23-9-7-19(2,26)8-10-23/h5-6,26H,3-4,7-10H2,1-2H3,(H,21,25). The number of aromatic amines is 1. The number of carbonyl (C=O) groups is 1. The van der Waals surface area contributed by atoms with Crippen LogP contribution in [-0.4, -0.2) is 39.7 Å². The molecule has 1 aliphatic rings. The Morgan fingerprint density at radius 2 is 2.15 bits per heavy atom. The van der Waals surface area contributed by atoms with Crippen molar-refractivity contribution in [2.45, 2.75) is 45.1 Å². The first-order valence-corrected chi connectivity index (χ1v) is 9.00. The lowest BCUT2D eigenvalue weighted by Crippen LogP contribution is -2.43. The van der Waals surface area contributed by atoms with E-state index in [1.165, 1.54) is 6.07 Å². The molecule has 0 unspecified atom stereocenters. The van der Waals surface area contributed by atoms with Crippen molar-refractivity contribution in [2.75, 3.05) is 18.0 Å². The molecule has 0 aliphatic carbocycles. The summed E-state index contributed by atoms with van der Waals surface area (Å²) < 4.78 is 5.26. The molecule has 1 aliphatic heterocycles. The first kappa shape index (κ1) is 18.9. The molecular weight excluding hydrogens is 348 g/mol. The smallest absolute Gasteiger partial charge is 0.312 e. The van der Waals surface area contributed by atoms with Crippen LogP contribution in [0.2, 0.25) is 0 Å². The number of aromatic nitrogens is 2. The maximum Gasteiger partial charge on any atom is 0.312 e. The Balaban J connectivity index is 2.09. The zero-order chi connectivity index (χ0) is 19.6. The van der Waals surface area contributed by atoms with E-state index in [0.717, 1.165) is 0 Å². The van der Waals surface area contributed by atoms with Crippen molar-refractivity contribution in [3.8, 4) is 11.9 Å². The predicted octanol–water partition coefficient (Wildman–Crippen LogP) is 1.85. The molecule has 0 amide bonds. The summed E-state index contributed by atoms with van der Waals surface area (Å²) in [5, 5.41) is 19.7. The quantitative estimate of drug-likeness (QED) is 0.788. The van der Waals surface area contributed by atoms with Crippen molar-refractivity contribution in [2.24, 2.45) is 0 Å². The summed E-state index contributed by atoms with van der Waals surface area (Å²) in [5.41, 5.74) is -0.0195. The molecule has 0 saturated carbocycles. The van der Waals surface area contributed by atoms with E-state index in [0.29, 0.717) is 49.1 Å². The van der Waals surface area contributed by atoms with Crippen molar-refractivity contribution in [3.05, 3.63) is 28.0 Å². The molecule has 2 aromatic heterocycles. The molecule has 0 spiro atoms. The maximum absolute atomic E-state index is 12.3. The van der Waals surface area contributed by atoms with E-state index in [4.69, 9.17) is 4.74 Å². The van der Waals surface area contributed by atoms with Crippen molar-refractivity contribution in [1.82, 2.24) is 9.97 Å². The number of aliphatic hydroxyl groups is 1. The van der Waals surface area contributed by atoms with Crippen LogP contribution >= 0.6 is 0 Å². The van der Waals surface area contributed by atoms with Crippen molar-refractivity contribution in [3.63, 3.8) is 0 Å². The van der Waals surface area contributed by atoms with Gasteiger partial charge in [0.1, 0.15) is 17.1 Å². The molecule has 8 heteroatoms. The van der Waals surface area contributed by atoms with Crippen molar-refractivity contribution in [1.29, 1.82) is 5.26 Å². The topological polar surface area (TPSA) is 119 Å². The lowest BCUT2D eigenvalue weighted by Gasteiger charge is -2.37. The molecule has 0 atom stereocenters. The summed E-state index contributed by atoms with van der Waals surface area (Å²) in [6.07, 6.45) is 1.97. The summed E-state index contributed by atoms with van der Waals surface area (Å²) in [5.74, 6) is -0.257. The number of esters is 1. The van der Waals surface area contributed by atoms with Gasteiger partial charge in [0.15, 0.2) is 0 Å². The van der Waals surface area contributed by atoms with Gasteiger partial charge in [-0.2, -0.15) is 5.26 Å². The second-order valence-corrected chi connectivity index (χ2v) is 7.04. The molecule has 2 aromatic rings. The summed E-state index contributed by atoms with van der Waals surface area (Å²) in [7, 11) is 0. The lowest BCUT2D eigenvalue weighted by atomic mass is 9.93. The van der Waals surface area contributed by atoms with Gasteiger partial charge in [0.2, 0.25) is 5.88 Å². The van der Waals surface area contributed by atoms with Crippen LogP contribution in [0.4, 0.5) is 5.69 Å². The Kier molecular flexibility index (Phi) is 5.15. The van der Waals surface area contributed by atoms with E-state index in [1.807, 2.05) is 17.9 Å². The highest BCUT2D eigenvalue weighted by atomic mass is 16.5. The van der Waals surface area contributed by atoms with Crippen LogP contribution in [0.25, 0.3) is 11.0 Å². The Morgan fingerprint density at radius 1 is 1.44 bits per heavy atom. The van der Waals surface area contributed by atoms with Gasteiger partial charge in [-0.3, -0.25) is 9.59 Å². The Labute approximate surface area is 156 Å². The van der Waals surface area contributed by atoms with Crippen LogP contribution in [0, 0.1) is 11.3 Å². The first-order chi connectivity index (χ1) is 12.8. The minimum absolute atomic E-state index is 0.0337. The van der Waals surface area contributed by atoms with Gasteiger partial charge < -0.3 is 19.7 Å². The third-order valence-corrected chi connectivity index (χ3v) is 4.75. The van der Waals surface area contributed by atoms with Gasteiger partial charge in [0.25, 0.3) is 5.56 Å². The molecular formula is C19H22N4O4. The van der Waals surface area contributed by atoms with Crippen molar-refractivity contribution >= 4 is 22.7 Å². The van der Waals surface area contributed by atoms with Crippen molar-refractivity contribution < 1.29 is 14.6 Å². The van der Waals surface area contributed by atoms with Gasteiger partial charge in [-0.05, 0) is 32.3 Å². The third-order valence-electron chi connectivity index (χ3n) is 4.75. The monoisotopic (exact) mass is 370 g/mol. The van der Waals surface area contributed by atoms with Crippen LogP contribution in [-0.2, 0) is 4.79 Å². The minimum atomic E-state index is -0.769. The van der Waals surface area contributed by atoms with Crippen LogP contribution in [0.15, 0.2) is 16.9 Å². The van der Waals surface area contributed by atoms with Gasteiger partial charge in [0.05, 0.1) is 16.8 Å². The number of hydrogen-bond donors (Lipinski definition) is 2. The normalized spacial score (nSPS) is 16.1. The molecule has 3 rings (SSSR count). The fraction of sp³-hybridized carbons (Fsp3) is 0.474. The second-order valence-electron chi connectivity index (χ2n) is 7.04. The number of nitrogens with zero attached hydrogens (tertiary/aromatic N) is 3. The van der Waals surface area contributed by atoms with Gasteiger partial charge in [0, 0.05) is 25.6 Å². The Morgan fingerprint density at radius 3 is 2.78 bits per heavy atom. The average Bonchev–Trinajstić information content (AvgIpc) is 2.61. The molecule has 3 heterocycles. The molecule has 8 nitrogen and oxygen atoms in total. The Bertz CT molecular complexity index is 964. The Hall–Kier alpha value is -2.92. The van der Waals surface area contributed by atoms with Crippen LogP contribution in [0.3, 0.4) is 0 Å². The summed E-state index contributed by atoms with van der Waals surface area (Å²) >= 11 is 0. The molecule has 1 fully saturated rings. The molecule has 2 N–H and O–H groups in total. The number of rotatable bonds is 4. The summed E-state index contributed by atoms with van der Waals surface area (Å²) in [6, 6.07) is 5.09. The molecule has 142 valence electrons.